The Morgan fingerprint density at radius 3 is 2.25 bits per heavy atom. The average molecular weight is 546 g/mol. The molecule has 1 aromatic heterocycles. The summed E-state index contributed by atoms with van der Waals surface area (Å²) in [4.78, 5) is 42.8. The first kappa shape index (κ1) is 28.6. The fourth-order valence-corrected chi connectivity index (χ4v) is 4.29. The lowest BCUT2D eigenvalue weighted by atomic mass is 9.98. The van der Waals surface area contributed by atoms with E-state index in [1.165, 1.54) is 7.11 Å². The van der Waals surface area contributed by atoms with Gasteiger partial charge < -0.3 is 24.4 Å². The number of amides is 2. The number of carbonyl (C=O) groups excluding carboxylic acids is 3. The lowest BCUT2D eigenvalue weighted by Gasteiger charge is -2.33. The zero-order chi connectivity index (χ0) is 28.7. The van der Waals surface area contributed by atoms with Gasteiger partial charge in [0, 0.05) is 36.1 Å². The molecule has 9 nitrogen and oxygen atoms in total. The van der Waals surface area contributed by atoms with Gasteiger partial charge in [0.15, 0.2) is 0 Å². The number of esters is 1. The van der Waals surface area contributed by atoms with Crippen molar-refractivity contribution in [3.63, 3.8) is 0 Å². The van der Waals surface area contributed by atoms with Gasteiger partial charge in [0.05, 0.1) is 25.0 Å². The molecule has 0 bridgehead atoms. The third kappa shape index (κ3) is 7.81. The Morgan fingerprint density at radius 1 is 0.950 bits per heavy atom. The van der Waals surface area contributed by atoms with Crippen LogP contribution >= 0.6 is 0 Å². The highest BCUT2D eigenvalue weighted by Gasteiger charge is 2.27. The number of anilines is 1. The monoisotopic (exact) mass is 545 g/mol. The van der Waals surface area contributed by atoms with E-state index >= 15 is 0 Å². The molecule has 1 aliphatic heterocycles. The normalized spacial score (nSPS) is 13.8. The van der Waals surface area contributed by atoms with E-state index in [1.807, 2.05) is 45.0 Å². The zero-order valence-electron chi connectivity index (χ0n) is 23.3. The molecule has 0 saturated carbocycles. The van der Waals surface area contributed by atoms with Crippen molar-refractivity contribution >= 4 is 23.7 Å². The fourth-order valence-electron chi connectivity index (χ4n) is 4.29. The maximum atomic E-state index is 12.8. The number of methoxy groups -OCH3 is 1. The fraction of sp³-hybridized carbons (Fsp3) is 0.355. The van der Waals surface area contributed by atoms with Gasteiger partial charge in [-0.05, 0) is 100 Å². The molecule has 3 aromatic rings. The van der Waals surface area contributed by atoms with E-state index in [1.54, 1.807) is 47.5 Å². The van der Waals surface area contributed by atoms with Gasteiger partial charge in [0.1, 0.15) is 11.4 Å². The number of carbonyl (C=O) groups is 3. The maximum absolute atomic E-state index is 12.8. The topological polar surface area (TPSA) is 107 Å². The lowest BCUT2D eigenvalue weighted by Crippen LogP contribution is -2.42. The second-order valence-corrected chi connectivity index (χ2v) is 10.7. The Kier molecular flexibility index (Phi) is 9.04. The molecule has 2 heterocycles. The quantitative estimate of drug-likeness (QED) is 0.373. The number of hydrogen-bond acceptors (Lipinski definition) is 7. The van der Waals surface area contributed by atoms with Crippen molar-refractivity contribution in [2.75, 3.05) is 32.1 Å². The van der Waals surface area contributed by atoms with Gasteiger partial charge in [0.2, 0.25) is 0 Å². The Labute approximate surface area is 234 Å². The number of likely N-dealkylation sites (tertiary alicyclic amines) is 1. The zero-order valence-corrected chi connectivity index (χ0v) is 23.3. The number of rotatable bonds is 7. The lowest BCUT2D eigenvalue weighted by molar-refractivity contribution is 0.0164. The van der Waals surface area contributed by atoms with Crippen molar-refractivity contribution in [2.45, 2.75) is 39.2 Å². The summed E-state index contributed by atoms with van der Waals surface area (Å²) in [7, 11) is 1.32. The largest absolute Gasteiger partial charge is 0.493 e. The molecule has 0 spiro atoms. The molecule has 0 atom stereocenters. The first-order valence-electron chi connectivity index (χ1n) is 13.3. The van der Waals surface area contributed by atoms with Gasteiger partial charge in [-0.25, -0.2) is 9.59 Å². The first-order chi connectivity index (χ1) is 19.1. The van der Waals surface area contributed by atoms with E-state index in [-0.39, 0.29) is 12.0 Å². The second kappa shape index (κ2) is 12.6. The molecule has 0 aliphatic carbocycles. The molecule has 4 rings (SSSR count). The van der Waals surface area contributed by atoms with Crippen molar-refractivity contribution in [3.8, 4) is 17.0 Å². The summed E-state index contributed by atoms with van der Waals surface area (Å²) in [5.41, 5.74) is 2.45. The average Bonchev–Trinajstić information content (AvgIpc) is 2.96. The molecule has 9 heteroatoms. The highest BCUT2D eigenvalue weighted by atomic mass is 16.6. The molecular weight excluding hydrogens is 510 g/mol. The predicted octanol–water partition coefficient (Wildman–Crippen LogP) is 5.81. The van der Waals surface area contributed by atoms with E-state index in [2.05, 4.69) is 10.3 Å². The molecule has 210 valence electrons. The van der Waals surface area contributed by atoms with Gasteiger partial charge in [0.25, 0.3) is 5.91 Å². The molecule has 0 radical (unpaired) electrons. The summed E-state index contributed by atoms with van der Waals surface area (Å²) in [5, 5.41) is 2.83. The number of hydrogen-bond donors (Lipinski definition) is 1. The molecule has 1 fully saturated rings. The summed E-state index contributed by atoms with van der Waals surface area (Å²) >= 11 is 0. The van der Waals surface area contributed by atoms with Gasteiger partial charge in [-0.1, -0.05) is 0 Å². The van der Waals surface area contributed by atoms with Crippen molar-refractivity contribution in [2.24, 2.45) is 5.92 Å². The number of benzene rings is 2. The third-order valence-electron chi connectivity index (χ3n) is 6.49. The minimum absolute atomic E-state index is 0.257. The molecule has 1 N–H and O–H groups in total. The van der Waals surface area contributed by atoms with Crippen LogP contribution in [0.15, 0.2) is 66.9 Å². The first-order valence-corrected chi connectivity index (χ1v) is 13.3. The van der Waals surface area contributed by atoms with Crippen LogP contribution in [0.4, 0.5) is 10.5 Å². The van der Waals surface area contributed by atoms with Crippen LogP contribution in [0.1, 0.15) is 54.3 Å². The van der Waals surface area contributed by atoms with Crippen molar-refractivity contribution in [1.82, 2.24) is 9.88 Å². The van der Waals surface area contributed by atoms with Crippen LogP contribution in [-0.4, -0.2) is 60.3 Å². The molecular formula is C31H35N3O6. The predicted molar refractivity (Wildman–Crippen MR) is 151 cm³/mol. The van der Waals surface area contributed by atoms with Crippen molar-refractivity contribution in [3.05, 3.63) is 78.0 Å². The Morgan fingerprint density at radius 2 is 1.62 bits per heavy atom. The summed E-state index contributed by atoms with van der Waals surface area (Å²) in [6.07, 6.45) is 3.07. The molecule has 0 unspecified atom stereocenters. The molecule has 40 heavy (non-hydrogen) atoms. The van der Waals surface area contributed by atoms with Crippen LogP contribution in [0.5, 0.6) is 5.75 Å². The van der Waals surface area contributed by atoms with E-state index in [0.717, 1.165) is 24.2 Å². The minimum atomic E-state index is -0.493. The van der Waals surface area contributed by atoms with Crippen LogP contribution in [-0.2, 0) is 9.47 Å². The number of pyridine rings is 1. The highest BCUT2D eigenvalue weighted by molar-refractivity contribution is 6.05. The van der Waals surface area contributed by atoms with E-state index in [0.29, 0.717) is 48.1 Å². The smallest absolute Gasteiger partial charge is 0.410 e. The summed E-state index contributed by atoms with van der Waals surface area (Å²) in [5.74, 6) is 0.398. The number of nitrogens with zero attached hydrogens (tertiary/aromatic N) is 2. The Balaban J connectivity index is 1.29. The van der Waals surface area contributed by atoms with Gasteiger partial charge in [-0.2, -0.15) is 0 Å². The summed E-state index contributed by atoms with van der Waals surface area (Å²) in [6, 6.07) is 17.5. The number of ether oxygens (including phenoxy) is 3. The molecule has 2 amide bonds. The molecule has 1 aliphatic rings. The van der Waals surface area contributed by atoms with Crippen LogP contribution in [0.2, 0.25) is 0 Å². The van der Waals surface area contributed by atoms with Crippen LogP contribution < -0.4 is 10.1 Å². The summed E-state index contributed by atoms with van der Waals surface area (Å²) < 4.78 is 16.2. The van der Waals surface area contributed by atoms with Gasteiger partial charge >= 0.3 is 12.1 Å². The van der Waals surface area contributed by atoms with Crippen LogP contribution in [0.3, 0.4) is 0 Å². The Hall–Kier alpha value is -4.40. The van der Waals surface area contributed by atoms with Crippen molar-refractivity contribution in [1.29, 1.82) is 0 Å². The summed E-state index contributed by atoms with van der Waals surface area (Å²) in [6.45, 7) is 7.52. The van der Waals surface area contributed by atoms with Crippen LogP contribution in [0, 0.1) is 5.92 Å². The van der Waals surface area contributed by atoms with Gasteiger partial charge in [-0.15, -0.1) is 0 Å². The SMILES string of the molecule is COC(=O)c1ccc(NC(=O)c2ccnc(-c3ccc(OCC4CCN(C(=O)OC(C)(C)C)CC4)cc3)c2)cc1. The number of aromatic nitrogens is 1. The third-order valence-corrected chi connectivity index (χ3v) is 6.49. The Bertz CT molecular complexity index is 1320. The standard InChI is InChI=1S/C31H35N3O6/c1-31(2,3)40-30(37)34-17-14-21(15-18-34)20-39-26-11-7-22(8-12-26)27-19-24(13-16-32-27)28(35)33-25-9-5-23(6-10-25)29(36)38-4/h5-13,16,19,21H,14-15,17-18,20H2,1-4H3,(H,33,35). The van der Waals surface area contributed by atoms with Crippen LogP contribution in [0.25, 0.3) is 11.3 Å². The maximum Gasteiger partial charge on any atom is 0.410 e. The van der Waals surface area contributed by atoms with E-state index in [9.17, 15) is 14.4 Å². The van der Waals surface area contributed by atoms with Gasteiger partial charge in [-0.3, -0.25) is 9.78 Å². The molecule has 1 saturated heterocycles. The van der Waals surface area contributed by atoms with Crippen molar-refractivity contribution < 1.29 is 28.6 Å². The second-order valence-electron chi connectivity index (χ2n) is 10.7. The molecule has 2 aromatic carbocycles. The van der Waals surface area contributed by atoms with E-state index < -0.39 is 11.6 Å². The number of nitrogens with one attached hydrogen (secondary N) is 1. The minimum Gasteiger partial charge on any atom is -0.493 e. The highest BCUT2D eigenvalue weighted by Crippen LogP contribution is 2.24. The number of piperidine rings is 1. The van der Waals surface area contributed by atoms with E-state index in [4.69, 9.17) is 14.2 Å².